The second-order valence-electron chi connectivity index (χ2n) is 19.1. The fourth-order valence-corrected chi connectivity index (χ4v) is 12.3. The van der Waals surface area contributed by atoms with Crippen molar-refractivity contribution in [2.45, 2.75) is 5.41 Å². The summed E-state index contributed by atoms with van der Waals surface area (Å²) in [4.78, 5) is 2.45. The van der Waals surface area contributed by atoms with Crippen LogP contribution in [-0.4, -0.2) is 0 Å². The quantitative estimate of drug-likeness (QED) is 0.160. The molecule has 1 unspecified atom stereocenters. The average Bonchev–Trinajstić information content (AvgIpc) is 4.13. The third kappa shape index (κ3) is 5.92. The lowest BCUT2D eigenvalue weighted by Gasteiger charge is -2.35. The van der Waals surface area contributed by atoms with Gasteiger partial charge >= 0.3 is 0 Å². The molecule has 2 heterocycles. The van der Waals surface area contributed by atoms with Crippen LogP contribution < -0.4 is 4.90 Å². The van der Waals surface area contributed by atoms with E-state index in [1.807, 2.05) is 6.07 Å². The maximum Gasteiger partial charge on any atom is 0.137 e. The number of rotatable bonds is 7. The van der Waals surface area contributed by atoms with Gasteiger partial charge in [-0.1, -0.05) is 200 Å². The summed E-state index contributed by atoms with van der Waals surface area (Å²) in [6, 6.07) is 95.1. The Morgan fingerprint density at radius 1 is 0.306 bits per heavy atom. The maximum atomic E-state index is 6.77. The second-order valence-corrected chi connectivity index (χ2v) is 19.1. The van der Waals surface area contributed by atoms with Gasteiger partial charge in [0, 0.05) is 16.5 Å². The normalized spacial score (nSPS) is 14.2. The first-order valence-corrected chi connectivity index (χ1v) is 24.7. The van der Waals surface area contributed by atoms with Crippen molar-refractivity contribution in [3.05, 3.63) is 283 Å². The van der Waals surface area contributed by atoms with Gasteiger partial charge < -0.3 is 13.7 Å². The van der Waals surface area contributed by atoms with Crippen LogP contribution in [0, 0.1) is 0 Å². The molecule has 0 saturated heterocycles. The molecule has 0 bridgehead atoms. The summed E-state index contributed by atoms with van der Waals surface area (Å²) in [7, 11) is 0. The second kappa shape index (κ2) is 15.8. The van der Waals surface area contributed by atoms with Gasteiger partial charge in [-0.2, -0.15) is 0 Å². The number of benzene rings is 12. The first kappa shape index (κ1) is 40.4. The molecule has 15 rings (SSSR count). The highest BCUT2D eigenvalue weighted by atomic mass is 16.3. The number of hydrogen-bond acceptors (Lipinski definition) is 3. The molecule has 0 radical (unpaired) electrons. The largest absolute Gasteiger partial charge is 0.456 e. The summed E-state index contributed by atoms with van der Waals surface area (Å²) in [5, 5.41) is 9.14. The van der Waals surface area contributed by atoms with Gasteiger partial charge in [-0.15, -0.1) is 0 Å². The highest BCUT2D eigenvalue weighted by Crippen LogP contribution is 2.59. The van der Waals surface area contributed by atoms with E-state index >= 15 is 0 Å². The first-order chi connectivity index (χ1) is 35.7. The van der Waals surface area contributed by atoms with Crippen LogP contribution in [-0.2, 0) is 5.41 Å². The van der Waals surface area contributed by atoms with E-state index in [9.17, 15) is 0 Å². The van der Waals surface area contributed by atoms with Crippen LogP contribution in [0.2, 0.25) is 0 Å². The zero-order valence-corrected chi connectivity index (χ0v) is 39.1. The smallest absolute Gasteiger partial charge is 0.137 e. The van der Waals surface area contributed by atoms with Gasteiger partial charge in [-0.05, 0) is 138 Å². The van der Waals surface area contributed by atoms with Crippen LogP contribution >= 0.6 is 0 Å². The van der Waals surface area contributed by atoms with Gasteiger partial charge in [0.2, 0.25) is 0 Å². The highest BCUT2D eigenvalue weighted by molar-refractivity contribution is 6.18. The maximum absolute atomic E-state index is 6.77. The molecule has 3 heteroatoms. The van der Waals surface area contributed by atoms with Crippen molar-refractivity contribution in [3.8, 4) is 33.4 Å². The van der Waals surface area contributed by atoms with Crippen molar-refractivity contribution in [1.82, 2.24) is 0 Å². The molecule has 0 spiro atoms. The van der Waals surface area contributed by atoms with Crippen molar-refractivity contribution in [2.75, 3.05) is 4.90 Å². The van der Waals surface area contributed by atoms with E-state index in [0.717, 1.165) is 72.1 Å². The predicted molar refractivity (Wildman–Crippen MR) is 299 cm³/mol. The lowest BCUT2D eigenvalue weighted by Crippen LogP contribution is -2.29. The van der Waals surface area contributed by atoms with Gasteiger partial charge in [0.05, 0.1) is 27.6 Å². The molecule has 0 fully saturated rings. The SMILES string of the molecule is c1ccc(-c2ccc3oc4cccc(N(c5cccc(C6(c7cccc(-c8cccc9ccccc89)c7)c7ccccc7-c7c6ccc6ccccc76)c5)c5cccc6oc7ccccc7c56)c4c3c2)cc1. The molecule has 336 valence electrons. The molecule has 2 aromatic heterocycles. The summed E-state index contributed by atoms with van der Waals surface area (Å²) in [6.07, 6.45) is 0. The molecule has 12 aromatic carbocycles. The van der Waals surface area contributed by atoms with E-state index in [2.05, 4.69) is 260 Å². The summed E-state index contributed by atoms with van der Waals surface area (Å²) in [6.45, 7) is 0. The van der Waals surface area contributed by atoms with Gasteiger partial charge in [0.1, 0.15) is 22.3 Å². The predicted octanol–water partition coefficient (Wildman–Crippen LogP) is 19.0. The van der Waals surface area contributed by atoms with E-state index in [0.29, 0.717) is 0 Å². The number of para-hydroxylation sites is 1. The van der Waals surface area contributed by atoms with Crippen LogP contribution in [0.3, 0.4) is 0 Å². The average molecular weight is 918 g/mol. The molecule has 1 aliphatic rings. The molecule has 3 nitrogen and oxygen atoms in total. The Labute approximate surface area is 416 Å². The van der Waals surface area contributed by atoms with Gasteiger partial charge in [-0.3, -0.25) is 0 Å². The number of nitrogens with zero attached hydrogens (tertiary/aromatic N) is 1. The monoisotopic (exact) mass is 917 g/mol. The van der Waals surface area contributed by atoms with Crippen molar-refractivity contribution in [3.63, 3.8) is 0 Å². The fraction of sp³-hybridized carbons (Fsp3) is 0.0145. The Hall–Kier alpha value is -9.44. The fourth-order valence-electron chi connectivity index (χ4n) is 12.3. The van der Waals surface area contributed by atoms with Crippen molar-refractivity contribution >= 4 is 82.5 Å². The zero-order valence-electron chi connectivity index (χ0n) is 39.1. The third-order valence-corrected chi connectivity index (χ3v) is 15.3. The topological polar surface area (TPSA) is 29.5 Å². The highest BCUT2D eigenvalue weighted by Gasteiger charge is 2.47. The minimum atomic E-state index is -0.717. The molecule has 72 heavy (non-hydrogen) atoms. The van der Waals surface area contributed by atoms with Crippen molar-refractivity contribution in [2.24, 2.45) is 0 Å². The van der Waals surface area contributed by atoms with Crippen LogP contribution in [0.5, 0.6) is 0 Å². The van der Waals surface area contributed by atoms with E-state index in [-0.39, 0.29) is 0 Å². The molecular formula is C69H43NO2. The molecule has 14 aromatic rings. The summed E-state index contributed by atoms with van der Waals surface area (Å²) >= 11 is 0. The molecule has 0 aliphatic heterocycles. The third-order valence-electron chi connectivity index (χ3n) is 15.3. The van der Waals surface area contributed by atoms with E-state index in [1.165, 1.54) is 66.1 Å². The van der Waals surface area contributed by atoms with Crippen LogP contribution in [0.1, 0.15) is 22.3 Å². The lowest BCUT2D eigenvalue weighted by molar-refractivity contribution is 0.669. The van der Waals surface area contributed by atoms with Crippen LogP contribution in [0.15, 0.2) is 270 Å². The number of anilines is 3. The summed E-state index contributed by atoms with van der Waals surface area (Å²) < 4.78 is 13.4. The molecule has 1 aliphatic carbocycles. The Balaban J connectivity index is 1.04. The van der Waals surface area contributed by atoms with Gasteiger partial charge in [0.15, 0.2) is 0 Å². The zero-order chi connectivity index (χ0) is 47.3. The standard InChI is InChI=1S/C69H43NO2/c1-2-17-44(18-3-1)47-38-40-63-57(42-47)68-61(33-16-36-65(68)72-63)70(60-32-15-35-64-67(60)56-29-9-11-34-62(56)71-64)51-25-14-24-50(43-51)69(49-23-12-22-48(41-49)53-30-13-21-45-19-4-6-26-52(45)53)58-31-10-8-28-55(58)66-54-27-7-5-20-46(54)37-39-59(66)69/h1-43H. The lowest BCUT2D eigenvalue weighted by atomic mass is 9.67. The van der Waals surface area contributed by atoms with E-state index < -0.39 is 5.41 Å². The number of furan rings is 2. The van der Waals surface area contributed by atoms with Crippen molar-refractivity contribution in [1.29, 1.82) is 0 Å². The molecular weight excluding hydrogens is 875 g/mol. The minimum absolute atomic E-state index is 0.717. The molecule has 0 amide bonds. The molecule has 1 atom stereocenters. The summed E-state index contributed by atoms with van der Waals surface area (Å²) in [5.74, 6) is 0. The van der Waals surface area contributed by atoms with E-state index in [1.54, 1.807) is 0 Å². The summed E-state index contributed by atoms with van der Waals surface area (Å²) in [5.41, 5.74) is 17.8. The van der Waals surface area contributed by atoms with Crippen LogP contribution in [0.25, 0.3) is 98.8 Å². The minimum Gasteiger partial charge on any atom is -0.456 e. The molecule has 0 N–H and O–H groups in total. The number of fused-ring (bicyclic) bond motifs is 12. The van der Waals surface area contributed by atoms with Gasteiger partial charge in [-0.25, -0.2) is 0 Å². The Morgan fingerprint density at radius 2 is 0.875 bits per heavy atom. The Kier molecular flexibility index (Phi) is 8.87. The van der Waals surface area contributed by atoms with Crippen LogP contribution in [0.4, 0.5) is 17.1 Å². The molecule has 0 saturated carbocycles. The van der Waals surface area contributed by atoms with Gasteiger partial charge in [0.25, 0.3) is 0 Å². The number of hydrogen-bond donors (Lipinski definition) is 0. The first-order valence-electron chi connectivity index (χ1n) is 24.7. The Bertz CT molecular complexity index is 4480. The van der Waals surface area contributed by atoms with E-state index in [4.69, 9.17) is 8.83 Å². The van der Waals surface area contributed by atoms with Crippen molar-refractivity contribution < 1.29 is 8.83 Å². The Morgan fingerprint density at radius 3 is 1.69 bits per heavy atom.